The first-order valence-corrected chi connectivity index (χ1v) is 13.7. The minimum atomic E-state index is -4.52. The van der Waals surface area contributed by atoms with E-state index in [-0.39, 0.29) is 41.6 Å². The smallest absolute Gasteiger partial charge is 0.382 e. The highest BCUT2D eigenvalue weighted by Gasteiger charge is 2.48. The van der Waals surface area contributed by atoms with Crippen LogP contribution in [-0.4, -0.2) is 42.5 Å². The number of imidazole rings is 1. The summed E-state index contributed by atoms with van der Waals surface area (Å²) in [5.41, 5.74) is 7.69. The van der Waals surface area contributed by atoms with Gasteiger partial charge < -0.3 is 10.6 Å². The number of ketones is 1. The Hall–Kier alpha value is -4.72. The lowest BCUT2D eigenvalue weighted by molar-refractivity contribution is -0.137. The van der Waals surface area contributed by atoms with Crippen LogP contribution < -0.4 is 5.73 Å². The molecule has 3 aromatic heterocycles. The summed E-state index contributed by atoms with van der Waals surface area (Å²) in [6, 6.07) is 8.16. The van der Waals surface area contributed by atoms with Gasteiger partial charge in [0.25, 0.3) is 5.91 Å². The van der Waals surface area contributed by atoms with Gasteiger partial charge in [-0.05, 0) is 49.7 Å². The van der Waals surface area contributed by atoms with Gasteiger partial charge in [-0.2, -0.15) is 13.2 Å². The number of likely N-dealkylation sites (tertiary alicyclic amines) is 1. The Balaban J connectivity index is 1.34. The summed E-state index contributed by atoms with van der Waals surface area (Å²) in [6.07, 6.45) is 2.78. The van der Waals surface area contributed by atoms with E-state index in [1.165, 1.54) is 0 Å². The van der Waals surface area contributed by atoms with E-state index >= 15 is 0 Å². The van der Waals surface area contributed by atoms with Gasteiger partial charge in [-0.3, -0.25) is 19.0 Å². The maximum absolute atomic E-state index is 13.1. The summed E-state index contributed by atoms with van der Waals surface area (Å²) in [4.78, 5) is 41.0. The SMILES string of the molecule is CC#CC(=O)N1CC2CCCC2C1c1nc(-c2ccc(C(=O)Cc3cc(C(F)(F)F)ccn3)cc2)c2c(N)nccn12. The topological polar surface area (TPSA) is 106 Å². The van der Waals surface area contributed by atoms with Gasteiger partial charge in [0.15, 0.2) is 5.78 Å². The number of pyridine rings is 1. The van der Waals surface area contributed by atoms with Crippen LogP contribution in [0.1, 0.15) is 59.7 Å². The maximum atomic E-state index is 13.1. The lowest BCUT2D eigenvalue weighted by Gasteiger charge is -2.25. The molecule has 1 amide bonds. The number of hydrogen-bond donors (Lipinski definition) is 1. The number of amides is 1. The maximum Gasteiger partial charge on any atom is 0.416 e. The van der Waals surface area contributed by atoms with Crippen LogP contribution in [0.3, 0.4) is 0 Å². The monoisotopic (exact) mass is 572 g/mol. The van der Waals surface area contributed by atoms with E-state index in [1.807, 2.05) is 9.30 Å². The zero-order valence-electron chi connectivity index (χ0n) is 22.7. The normalized spacial score (nSPS) is 19.9. The van der Waals surface area contributed by atoms with Crippen molar-refractivity contribution >= 4 is 23.0 Å². The molecule has 0 spiro atoms. The Kier molecular flexibility index (Phi) is 6.93. The Labute approximate surface area is 239 Å². The fraction of sp³-hybridized carbons (Fsp3) is 0.323. The third-order valence-corrected chi connectivity index (χ3v) is 8.22. The quantitative estimate of drug-likeness (QED) is 0.262. The van der Waals surface area contributed by atoms with Crippen molar-refractivity contribution in [2.75, 3.05) is 12.3 Å². The first kappa shape index (κ1) is 27.4. The van der Waals surface area contributed by atoms with E-state index in [2.05, 4.69) is 21.8 Å². The van der Waals surface area contributed by atoms with E-state index in [9.17, 15) is 22.8 Å². The largest absolute Gasteiger partial charge is 0.416 e. The van der Waals surface area contributed by atoms with Gasteiger partial charge in [-0.25, -0.2) is 9.97 Å². The minimum absolute atomic E-state index is 0.0381. The molecule has 6 rings (SSSR count). The summed E-state index contributed by atoms with van der Waals surface area (Å²) < 4.78 is 41.1. The van der Waals surface area contributed by atoms with Crippen molar-refractivity contribution in [1.82, 2.24) is 24.3 Å². The van der Waals surface area contributed by atoms with Crippen molar-refractivity contribution in [3.8, 4) is 23.1 Å². The Morgan fingerprint density at radius 1 is 1.10 bits per heavy atom. The summed E-state index contributed by atoms with van der Waals surface area (Å²) >= 11 is 0. The average molecular weight is 573 g/mol. The second-order valence-electron chi connectivity index (χ2n) is 10.7. The second-order valence-corrected chi connectivity index (χ2v) is 10.7. The summed E-state index contributed by atoms with van der Waals surface area (Å²) in [7, 11) is 0. The number of carbonyl (C=O) groups excluding carboxylic acids is 2. The molecule has 0 radical (unpaired) electrons. The molecule has 4 heterocycles. The lowest BCUT2D eigenvalue weighted by Crippen LogP contribution is -2.32. The fourth-order valence-electron chi connectivity index (χ4n) is 6.35. The van der Waals surface area contributed by atoms with E-state index < -0.39 is 11.7 Å². The van der Waals surface area contributed by atoms with Crippen LogP contribution in [0.5, 0.6) is 0 Å². The molecule has 2 N–H and O–H groups in total. The molecule has 3 unspecified atom stereocenters. The van der Waals surface area contributed by atoms with E-state index in [0.29, 0.717) is 40.6 Å². The van der Waals surface area contributed by atoms with Gasteiger partial charge in [-0.15, -0.1) is 0 Å². The predicted molar refractivity (Wildman–Crippen MR) is 149 cm³/mol. The van der Waals surface area contributed by atoms with Crippen LogP contribution in [0.4, 0.5) is 19.0 Å². The van der Waals surface area contributed by atoms with Crippen LogP contribution in [0.25, 0.3) is 16.8 Å². The number of anilines is 1. The molecule has 1 aliphatic heterocycles. The van der Waals surface area contributed by atoms with Crippen molar-refractivity contribution in [3.63, 3.8) is 0 Å². The zero-order valence-corrected chi connectivity index (χ0v) is 22.7. The molecule has 1 saturated heterocycles. The molecule has 8 nitrogen and oxygen atoms in total. The molecule has 4 aromatic rings. The average Bonchev–Trinajstić information content (AvgIpc) is 3.67. The molecule has 11 heteroatoms. The molecular formula is C31H27F3N6O2. The number of nitrogen functional groups attached to an aromatic ring is 1. The first-order chi connectivity index (χ1) is 20.2. The standard InChI is InChI=1S/C31H27F3N6O2/c1-2-4-25(42)40-17-20-5-3-6-23(20)27(40)30-38-26(28-29(35)37-13-14-39(28)30)19-9-7-18(8-10-19)24(41)16-22-15-21(11-12-36-22)31(32,33)34/h7-15,20,23,27H,3,5-6,16-17H2,1H3,(H2,35,37). The van der Waals surface area contributed by atoms with Crippen molar-refractivity contribution in [1.29, 1.82) is 0 Å². The number of hydrogen-bond acceptors (Lipinski definition) is 6. The second kappa shape index (κ2) is 10.6. The molecule has 0 bridgehead atoms. The van der Waals surface area contributed by atoms with Gasteiger partial charge >= 0.3 is 6.18 Å². The van der Waals surface area contributed by atoms with Crippen LogP contribution in [-0.2, 0) is 17.4 Å². The number of fused-ring (bicyclic) bond motifs is 2. The van der Waals surface area contributed by atoms with Crippen molar-refractivity contribution in [2.45, 2.75) is 44.8 Å². The number of nitrogens with two attached hydrogens (primary N) is 1. The van der Waals surface area contributed by atoms with Crippen LogP contribution in [0.15, 0.2) is 55.0 Å². The first-order valence-electron chi connectivity index (χ1n) is 13.7. The molecule has 1 aromatic carbocycles. The van der Waals surface area contributed by atoms with Crippen molar-refractivity contribution < 1.29 is 22.8 Å². The van der Waals surface area contributed by atoms with E-state index in [4.69, 9.17) is 10.7 Å². The molecular weight excluding hydrogens is 545 g/mol. The molecule has 214 valence electrons. The van der Waals surface area contributed by atoms with Gasteiger partial charge in [-0.1, -0.05) is 36.6 Å². The van der Waals surface area contributed by atoms with Gasteiger partial charge in [0.1, 0.15) is 22.9 Å². The summed E-state index contributed by atoms with van der Waals surface area (Å²) in [5, 5.41) is 0. The highest BCUT2D eigenvalue weighted by atomic mass is 19.4. The molecule has 2 fully saturated rings. The molecule has 42 heavy (non-hydrogen) atoms. The number of Topliss-reactive ketones (excluding diaryl/α,β-unsaturated/α-hetero) is 1. The van der Waals surface area contributed by atoms with Gasteiger partial charge in [0, 0.05) is 42.0 Å². The minimum Gasteiger partial charge on any atom is -0.382 e. The zero-order chi connectivity index (χ0) is 29.6. The third kappa shape index (κ3) is 4.87. The highest BCUT2D eigenvalue weighted by molar-refractivity contribution is 5.98. The highest BCUT2D eigenvalue weighted by Crippen LogP contribution is 2.50. The Morgan fingerprint density at radius 2 is 1.88 bits per heavy atom. The Morgan fingerprint density at radius 3 is 2.62 bits per heavy atom. The predicted octanol–water partition coefficient (Wildman–Crippen LogP) is 5.14. The summed E-state index contributed by atoms with van der Waals surface area (Å²) in [6.45, 7) is 2.27. The number of carbonyl (C=O) groups is 2. The summed E-state index contributed by atoms with van der Waals surface area (Å²) in [5.74, 6) is 6.41. The number of benzene rings is 1. The molecule has 2 aliphatic rings. The number of rotatable bonds is 5. The van der Waals surface area contributed by atoms with Crippen molar-refractivity contribution in [2.24, 2.45) is 11.8 Å². The van der Waals surface area contributed by atoms with Crippen molar-refractivity contribution in [3.05, 3.63) is 77.6 Å². The number of aromatic nitrogens is 4. The van der Waals surface area contributed by atoms with Crippen LogP contribution in [0.2, 0.25) is 0 Å². The van der Waals surface area contributed by atoms with Gasteiger partial charge in [0.2, 0.25) is 0 Å². The van der Waals surface area contributed by atoms with E-state index in [0.717, 1.165) is 37.6 Å². The van der Waals surface area contributed by atoms with Crippen LogP contribution >= 0.6 is 0 Å². The fourth-order valence-corrected chi connectivity index (χ4v) is 6.35. The van der Waals surface area contributed by atoms with Crippen LogP contribution in [0, 0.1) is 23.7 Å². The third-order valence-electron chi connectivity index (χ3n) is 8.22. The number of nitrogens with zero attached hydrogens (tertiary/aromatic N) is 5. The lowest BCUT2D eigenvalue weighted by atomic mass is 9.93. The molecule has 1 aliphatic carbocycles. The Bertz CT molecular complexity index is 1750. The van der Waals surface area contributed by atoms with Gasteiger partial charge in [0.05, 0.1) is 18.0 Å². The number of halogens is 3. The molecule has 3 atom stereocenters. The molecule has 1 saturated carbocycles. The number of alkyl halides is 3. The van der Waals surface area contributed by atoms with E-state index in [1.54, 1.807) is 43.6 Å².